The van der Waals surface area contributed by atoms with Crippen LogP contribution in [0.5, 0.6) is 0 Å². The van der Waals surface area contributed by atoms with E-state index in [4.69, 9.17) is 0 Å². The van der Waals surface area contributed by atoms with Crippen molar-refractivity contribution in [3.05, 3.63) is 31.2 Å². The summed E-state index contributed by atoms with van der Waals surface area (Å²) in [4.78, 5) is 0. The Morgan fingerprint density at radius 2 is 1.60 bits per heavy atom. The zero-order valence-corrected chi connectivity index (χ0v) is 12.4. The van der Waals surface area contributed by atoms with E-state index in [1.54, 1.807) is 6.92 Å². The SMILES string of the molecule is CCP(CC)CC.[C-]1=CC=CC1.[CH2-]C.[Cu+2]. The number of hydrogen-bond donors (Lipinski definition) is 0. The van der Waals surface area contributed by atoms with Gasteiger partial charge in [0.15, 0.2) is 0 Å². The Morgan fingerprint density at radius 1 is 1.13 bits per heavy atom. The van der Waals surface area contributed by atoms with Crippen molar-refractivity contribution in [2.75, 3.05) is 18.5 Å². The third kappa shape index (κ3) is 17.1. The normalized spacial score (nSPS) is 11.1. The van der Waals surface area contributed by atoms with Crippen LogP contribution in [0.4, 0.5) is 0 Å². The molecular formula is C13H25CuP. The van der Waals surface area contributed by atoms with Crippen molar-refractivity contribution in [1.82, 2.24) is 0 Å². The topological polar surface area (TPSA) is 0 Å². The van der Waals surface area contributed by atoms with Crippen LogP contribution >= 0.6 is 7.92 Å². The molecule has 0 spiro atoms. The summed E-state index contributed by atoms with van der Waals surface area (Å²) in [6, 6.07) is 0. The van der Waals surface area contributed by atoms with Gasteiger partial charge < -0.3 is 6.92 Å². The first-order valence-corrected chi connectivity index (χ1v) is 7.39. The largest absolute Gasteiger partial charge is 2.00 e. The van der Waals surface area contributed by atoms with Gasteiger partial charge in [0.1, 0.15) is 0 Å². The third-order valence-electron chi connectivity index (χ3n) is 1.93. The monoisotopic (exact) mass is 275 g/mol. The van der Waals surface area contributed by atoms with Gasteiger partial charge >= 0.3 is 17.1 Å². The zero-order chi connectivity index (χ0) is 11.2. The maximum absolute atomic E-state index is 3.25. The average molecular weight is 276 g/mol. The standard InChI is InChI=1S/C6H15P.C5H5.C2H5.Cu/c1-4-7(5-2)6-3;1-2-4-5-3-1;1-2;/h4-6H2,1-3H3;1-3H,4H2;1H2,2H3;/q;2*-1;+2. The van der Waals surface area contributed by atoms with Crippen LogP contribution in [-0.4, -0.2) is 18.5 Å². The summed E-state index contributed by atoms with van der Waals surface area (Å²) in [6.45, 7) is 11.9. The molecular weight excluding hydrogens is 251 g/mol. The van der Waals surface area contributed by atoms with Gasteiger partial charge in [-0.05, 0) is 18.5 Å². The van der Waals surface area contributed by atoms with E-state index < -0.39 is 0 Å². The molecule has 0 aliphatic heterocycles. The molecule has 1 aliphatic carbocycles. The van der Waals surface area contributed by atoms with E-state index in [0.29, 0.717) is 7.92 Å². The number of hydrogen-bond acceptors (Lipinski definition) is 0. The van der Waals surface area contributed by atoms with Gasteiger partial charge in [-0.3, -0.25) is 6.08 Å². The fraction of sp³-hybridized carbons (Fsp3) is 0.615. The molecule has 0 atom stereocenters. The molecule has 1 radical (unpaired) electrons. The fourth-order valence-corrected chi connectivity index (χ4v) is 2.35. The first-order chi connectivity index (χ1) is 6.85. The van der Waals surface area contributed by atoms with Crippen molar-refractivity contribution >= 4 is 7.92 Å². The smallest absolute Gasteiger partial charge is 0.346 e. The van der Waals surface area contributed by atoms with Crippen LogP contribution < -0.4 is 0 Å². The molecule has 1 rings (SSSR count). The van der Waals surface area contributed by atoms with Crippen LogP contribution in [0.2, 0.25) is 0 Å². The van der Waals surface area contributed by atoms with E-state index in [2.05, 4.69) is 39.8 Å². The molecule has 0 heterocycles. The Kier molecular flexibility index (Phi) is 27.6. The maximum atomic E-state index is 3.25. The first-order valence-electron chi connectivity index (χ1n) is 5.49. The van der Waals surface area contributed by atoms with Crippen molar-refractivity contribution in [1.29, 1.82) is 0 Å². The number of allylic oxidation sites excluding steroid dienone is 4. The van der Waals surface area contributed by atoms with Crippen molar-refractivity contribution in [2.24, 2.45) is 0 Å². The Bertz CT molecular complexity index is 122. The van der Waals surface area contributed by atoms with Gasteiger partial charge in [-0.1, -0.05) is 20.8 Å². The van der Waals surface area contributed by atoms with Crippen molar-refractivity contribution in [3.8, 4) is 0 Å². The Hall–Kier alpha value is 0.429. The van der Waals surface area contributed by atoms with Crippen LogP contribution in [0.1, 0.15) is 34.1 Å². The van der Waals surface area contributed by atoms with Gasteiger partial charge in [0.25, 0.3) is 0 Å². The summed E-state index contributed by atoms with van der Waals surface area (Å²) in [5.74, 6) is 0. The summed E-state index contributed by atoms with van der Waals surface area (Å²) in [5, 5.41) is 0. The second-order valence-corrected chi connectivity index (χ2v) is 5.86. The molecule has 0 bridgehead atoms. The molecule has 0 nitrogen and oxygen atoms in total. The van der Waals surface area contributed by atoms with Crippen LogP contribution in [0.3, 0.4) is 0 Å². The van der Waals surface area contributed by atoms with E-state index in [0.717, 1.165) is 6.42 Å². The summed E-state index contributed by atoms with van der Waals surface area (Å²) in [7, 11) is 0.446. The van der Waals surface area contributed by atoms with Gasteiger partial charge in [-0.15, -0.1) is 14.3 Å². The molecule has 0 amide bonds. The summed E-state index contributed by atoms with van der Waals surface area (Å²) in [5.41, 5.74) is 0. The predicted octanol–water partition coefficient (Wildman–Crippen LogP) is 4.67. The van der Waals surface area contributed by atoms with Crippen LogP contribution in [0.25, 0.3) is 0 Å². The molecule has 0 aromatic carbocycles. The molecule has 0 aromatic rings. The minimum atomic E-state index is 0. The second-order valence-electron chi connectivity index (χ2n) is 2.62. The van der Waals surface area contributed by atoms with E-state index in [9.17, 15) is 0 Å². The molecule has 0 fully saturated rings. The van der Waals surface area contributed by atoms with E-state index in [-0.39, 0.29) is 17.1 Å². The van der Waals surface area contributed by atoms with Crippen molar-refractivity contribution in [3.63, 3.8) is 0 Å². The van der Waals surface area contributed by atoms with Crippen molar-refractivity contribution < 1.29 is 17.1 Å². The van der Waals surface area contributed by atoms with Gasteiger partial charge in [-0.2, -0.15) is 13.0 Å². The van der Waals surface area contributed by atoms with Gasteiger partial charge in [-0.25, -0.2) is 12.2 Å². The van der Waals surface area contributed by atoms with Crippen molar-refractivity contribution in [2.45, 2.75) is 34.1 Å². The molecule has 0 N–H and O–H groups in total. The maximum Gasteiger partial charge on any atom is 2.00 e. The minimum absolute atomic E-state index is 0. The number of rotatable bonds is 3. The Labute approximate surface area is 109 Å². The summed E-state index contributed by atoms with van der Waals surface area (Å²) < 4.78 is 0. The zero-order valence-electron chi connectivity index (χ0n) is 10.5. The minimum Gasteiger partial charge on any atom is -0.346 e. The Morgan fingerprint density at radius 3 is 1.67 bits per heavy atom. The van der Waals surface area contributed by atoms with Gasteiger partial charge in [0, 0.05) is 0 Å². The van der Waals surface area contributed by atoms with Crippen LogP contribution in [0, 0.1) is 13.0 Å². The third-order valence-corrected chi connectivity index (χ3v) is 4.61. The van der Waals surface area contributed by atoms with E-state index in [1.165, 1.54) is 18.5 Å². The summed E-state index contributed by atoms with van der Waals surface area (Å²) >= 11 is 0. The summed E-state index contributed by atoms with van der Waals surface area (Å²) in [6.07, 6.45) is 14.3. The molecule has 1 aliphatic rings. The molecule has 93 valence electrons. The van der Waals surface area contributed by atoms with Gasteiger partial charge in [0.2, 0.25) is 0 Å². The van der Waals surface area contributed by atoms with E-state index in [1.807, 2.05) is 12.2 Å². The molecule has 0 aromatic heterocycles. The predicted molar refractivity (Wildman–Crippen MR) is 71.1 cm³/mol. The molecule has 2 heteroatoms. The molecule has 15 heavy (non-hydrogen) atoms. The quantitative estimate of drug-likeness (QED) is 0.399. The Balaban J connectivity index is -0.000000159. The molecule has 0 saturated carbocycles. The van der Waals surface area contributed by atoms with Crippen LogP contribution in [0.15, 0.2) is 18.2 Å². The van der Waals surface area contributed by atoms with E-state index >= 15 is 0 Å². The van der Waals surface area contributed by atoms with Crippen LogP contribution in [-0.2, 0) is 17.1 Å². The first kappa shape index (κ1) is 20.8. The van der Waals surface area contributed by atoms with Gasteiger partial charge in [0.05, 0.1) is 0 Å². The fourth-order valence-electron chi connectivity index (χ4n) is 1.01. The molecule has 0 saturated heterocycles. The second kappa shape index (κ2) is 19.9. The average Bonchev–Trinajstić information content (AvgIpc) is 2.82. The molecule has 0 unspecified atom stereocenters.